The smallest absolute Gasteiger partial charge is 0.416 e. The molecule has 1 fully saturated rings. The zero-order valence-corrected chi connectivity index (χ0v) is 67.8. The van der Waals surface area contributed by atoms with E-state index in [9.17, 15) is 48.3 Å². The van der Waals surface area contributed by atoms with E-state index in [-0.39, 0.29) is 130 Å². The number of likely N-dealkylation sites (tertiary alicyclic amines) is 1. The number of unbranched alkanes of at least 4 members (excludes halogenated alkanes) is 2. The number of anilines is 2. The largest absolute Gasteiger partial charge is 0.493 e. The van der Waals surface area contributed by atoms with Crippen LogP contribution >= 0.6 is 0 Å². The molecule has 32 heteroatoms. The summed E-state index contributed by atoms with van der Waals surface area (Å²) in [5, 5.41) is 22.9. The second-order valence-electron chi connectivity index (χ2n) is 28.6. The van der Waals surface area contributed by atoms with Gasteiger partial charge in [-0.3, -0.25) is 48.2 Å². The van der Waals surface area contributed by atoms with Crippen molar-refractivity contribution in [2.45, 2.75) is 129 Å². The van der Waals surface area contributed by atoms with Gasteiger partial charge in [0.15, 0.2) is 29.2 Å². The van der Waals surface area contributed by atoms with Gasteiger partial charge in [0.1, 0.15) is 18.7 Å². The first-order valence-corrected chi connectivity index (χ1v) is 39.7. The van der Waals surface area contributed by atoms with Crippen LogP contribution in [0.5, 0.6) is 23.0 Å². The van der Waals surface area contributed by atoms with Crippen molar-refractivity contribution in [3.05, 3.63) is 149 Å². The number of hydrogen-bond acceptors (Lipinski definition) is 24. The van der Waals surface area contributed by atoms with Gasteiger partial charge in [0, 0.05) is 68.8 Å². The maximum absolute atomic E-state index is 14.3. The number of fused-ring (bicyclic) bond motifs is 4. The van der Waals surface area contributed by atoms with Crippen molar-refractivity contribution in [1.82, 2.24) is 30.7 Å². The van der Waals surface area contributed by atoms with Crippen LogP contribution in [0, 0.1) is 5.92 Å². The van der Waals surface area contributed by atoms with Gasteiger partial charge in [-0.05, 0) is 94.2 Å². The Morgan fingerprint density at radius 3 is 1.66 bits per heavy atom. The lowest BCUT2D eigenvalue weighted by atomic mass is 9.99. The quantitative estimate of drug-likeness (QED) is 0.0206. The Morgan fingerprint density at radius 1 is 0.547 bits per heavy atom. The first kappa shape index (κ1) is 90.5. The Balaban J connectivity index is 0.568. The summed E-state index contributed by atoms with van der Waals surface area (Å²) >= 11 is 0. The molecule has 6 atom stereocenters. The Morgan fingerprint density at radius 2 is 1.08 bits per heavy atom. The zero-order valence-electron chi connectivity index (χ0n) is 67.8. The first-order valence-electron chi connectivity index (χ1n) is 39.7. The molecule has 9 amide bonds. The topological polar surface area (TPSA) is 367 Å². The van der Waals surface area contributed by atoms with Gasteiger partial charge in [-0.15, -0.1) is 0 Å². The highest BCUT2D eigenvalue weighted by Gasteiger charge is 2.46. The predicted molar refractivity (Wildman–Crippen MR) is 431 cm³/mol. The molecule has 32 nitrogen and oxygen atoms in total. The monoisotopic (exact) mass is 1630 g/mol. The minimum Gasteiger partial charge on any atom is -0.493 e. The molecule has 0 aliphatic carbocycles. The number of imide groups is 1. The fourth-order valence-corrected chi connectivity index (χ4v) is 13.2. The number of carbonyl (C=O) groups is 9. The molecule has 4 aromatic carbocycles. The van der Waals surface area contributed by atoms with Crippen molar-refractivity contribution in [2.24, 2.45) is 10.9 Å². The fourth-order valence-electron chi connectivity index (χ4n) is 13.2. The van der Waals surface area contributed by atoms with E-state index in [1.807, 2.05) is 74.6 Å². The number of methoxy groups -OCH3 is 2. The Labute approximate surface area is 682 Å². The van der Waals surface area contributed by atoms with E-state index in [0.717, 1.165) is 28.0 Å². The minimum absolute atomic E-state index is 0.00338. The normalized spacial score (nSPS) is 17.2. The molecule has 5 heterocycles. The standard InChI is InChI=1S/C85H111N9O23/c1-57(2)78(90-76(96)25-30-107-32-34-109-36-38-111-40-42-113-44-45-114-43-41-112-39-37-110-35-33-108-31-26-86-75(95)24-27-91-77(97)50-65(81(91)100)62-18-14-11-9-8-10-12-15-19-62)80(99)88-60(5)79(98)89-63-22-20-61(21-23-63)56-117-85(104)94-69-52-74(72(106-7)49-67(69)83(102)93-55-59(4)47-70(93)84(94)103)116-29-17-13-16-28-115-73-51-68-66(48-71(73)105-6)82(101)92-54-58(3)46-64(92)53-87-68/h8-12,14-15,18-23,48-49,51-55,57,60,64-65,70,78,84,103H,13,16-17,24-47,50,56H2,1-7H3,(H,86,95)(H,88,99)(H,89,98)(H,90,96)/t60?,64-,65?,70-,78-,84-/m0/s1. The number of benzene rings is 3. The summed E-state index contributed by atoms with van der Waals surface area (Å²) < 4.78 is 73.9. The molecule has 0 saturated carbocycles. The van der Waals surface area contributed by atoms with Gasteiger partial charge in [0.2, 0.25) is 35.4 Å². The van der Waals surface area contributed by atoms with Gasteiger partial charge in [-0.25, -0.2) is 9.69 Å². The van der Waals surface area contributed by atoms with Crippen LogP contribution in [-0.4, -0.2) is 256 Å². The molecule has 9 rings (SSSR count). The van der Waals surface area contributed by atoms with Crippen molar-refractivity contribution in [3.8, 4) is 23.0 Å². The van der Waals surface area contributed by atoms with Crippen molar-refractivity contribution in [3.63, 3.8) is 0 Å². The number of aliphatic hydroxyl groups is 1. The van der Waals surface area contributed by atoms with E-state index in [0.29, 0.717) is 146 Å². The molecular formula is C85H111N9O23. The van der Waals surface area contributed by atoms with E-state index in [1.54, 1.807) is 67.6 Å². The molecule has 117 heavy (non-hydrogen) atoms. The number of ether oxygens (including phenoxy) is 13. The third-order valence-electron chi connectivity index (χ3n) is 19.4. The SMILES string of the molecule is COc1cc2c(cc1OCCCCCOc1cc3c(cc1OC)C(=O)N1C=C(C)C[C@H]1[C@H](O)N3C(=O)OCc1ccc(NC(=O)C(C)NC(=O)[C@@H](NC(=O)CCOCCOCCOCCOCCOCCOCCOCCOCCNC(=O)CCN3C(=O)CC(c4ccccccccc4)C3=O)C(C)C)cc1)N=C[C@@H]1CC(C)=CN1C2=O. The highest BCUT2D eigenvalue weighted by Crippen LogP contribution is 2.43. The Kier molecular flexibility index (Phi) is 36.9. The first-order chi connectivity index (χ1) is 56.7. The molecule has 5 aliphatic rings. The summed E-state index contributed by atoms with van der Waals surface area (Å²) in [7, 11) is 2.96. The molecule has 5 N–H and O–H groups in total. The van der Waals surface area contributed by atoms with Crippen molar-refractivity contribution in [2.75, 3.05) is 156 Å². The molecule has 0 spiro atoms. The zero-order chi connectivity index (χ0) is 83.4. The Bertz CT molecular complexity index is 4130. The number of nitrogens with zero attached hydrogens (tertiary/aromatic N) is 5. The summed E-state index contributed by atoms with van der Waals surface area (Å²) in [5.41, 5.74) is 4.65. The maximum atomic E-state index is 14.3. The Hall–Kier alpha value is -10.4. The van der Waals surface area contributed by atoms with Gasteiger partial charge in [0.05, 0.1) is 174 Å². The van der Waals surface area contributed by atoms with Gasteiger partial charge in [0.25, 0.3) is 11.8 Å². The lowest BCUT2D eigenvalue weighted by Gasteiger charge is -2.31. The maximum Gasteiger partial charge on any atom is 0.416 e. The average Bonchev–Trinajstić information content (AvgIpc) is 1.62. The minimum atomic E-state index is -1.53. The number of rotatable bonds is 49. The third-order valence-corrected chi connectivity index (χ3v) is 19.4. The van der Waals surface area contributed by atoms with Crippen LogP contribution in [0.2, 0.25) is 0 Å². The lowest BCUT2D eigenvalue weighted by Crippen LogP contribution is -2.53. The van der Waals surface area contributed by atoms with E-state index < -0.39 is 60.0 Å². The third kappa shape index (κ3) is 27.6. The summed E-state index contributed by atoms with van der Waals surface area (Å²) in [6.45, 7) is 14.8. The van der Waals surface area contributed by atoms with Crippen LogP contribution in [-0.2, 0) is 78.0 Å². The molecule has 0 radical (unpaired) electrons. The fraction of sp³-hybridized carbons (Fsp3) is 0.506. The molecule has 0 bridgehead atoms. The van der Waals surface area contributed by atoms with E-state index in [4.69, 9.17) is 61.6 Å². The summed E-state index contributed by atoms with van der Waals surface area (Å²) in [5.74, 6) is -2.53. The number of hydrogen-bond donors (Lipinski definition) is 5. The predicted octanol–water partition coefficient (Wildman–Crippen LogP) is 8.04. The average molecular weight is 1630 g/mol. The summed E-state index contributed by atoms with van der Waals surface area (Å²) in [4.78, 5) is 130. The van der Waals surface area contributed by atoms with Crippen LogP contribution < -0.4 is 45.1 Å². The molecule has 1 saturated heterocycles. The van der Waals surface area contributed by atoms with Crippen LogP contribution in [0.25, 0.3) is 0 Å². The molecule has 634 valence electrons. The van der Waals surface area contributed by atoms with Crippen LogP contribution in [0.1, 0.15) is 124 Å². The van der Waals surface area contributed by atoms with Crippen LogP contribution in [0.3, 0.4) is 0 Å². The second-order valence-corrected chi connectivity index (χ2v) is 28.6. The van der Waals surface area contributed by atoms with Crippen LogP contribution in [0.15, 0.2) is 132 Å². The highest BCUT2D eigenvalue weighted by molar-refractivity contribution is 6.08. The number of aliphatic hydroxyl groups excluding tert-OH is 1. The number of aliphatic imine (C=N–C) groups is 1. The van der Waals surface area contributed by atoms with Gasteiger partial charge < -0.3 is 97.8 Å². The van der Waals surface area contributed by atoms with Gasteiger partial charge in [-0.2, -0.15) is 0 Å². The summed E-state index contributed by atoms with van der Waals surface area (Å²) in [6, 6.07) is 26.6. The number of amides is 9. The number of nitrogens with one attached hydrogen (secondary N) is 4. The van der Waals surface area contributed by atoms with Gasteiger partial charge in [-0.1, -0.05) is 91.7 Å². The van der Waals surface area contributed by atoms with E-state index >= 15 is 0 Å². The van der Waals surface area contributed by atoms with Crippen molar-refractivity contribution < 1.29 is 110 Å². The lowest BCUT2D eigenvalue weighted by molar-refractivity contribution is -0.139. The van der Waals surface area contributed by atoms with E-state index in [2.05, 4.69) is 26.3 Å². The molecule has 4 aromatic rings. The molecular weight excluding hydrogens is 1510 g/mol. The van der Waals surface area contributed by atoms with Crippen molar-refractivity contribution in [1.29, 1.82) is 0 Å². The second kappa shape index (κ2) is 47.7. The van der Waals surface area contributed by atoms with E-state index in [1.165, 1.54) is 43.1 Å². The number of carbonyl (C=O) groups excluding carboxylic acids is 9. The molecule has 2 unspecified atom stereocenters. The molecule has 5 aliphatic heterocycles. The molecule has 0 aromatic heterocycles. The van der Waals surface area contributed by atoms with Gasteiger partial charge >= 0.3 is 6.09 Å². The van der Waals surface area contributed by atoms with Crippen molar-refractivity contribution >= 4 is 76.6 Å². The highest BCUT2D eigenvalue weighted by atomic mass is 16.6. The van der Waals surface area contributed by atoms with Crippen LogP contribution in [0.4, 0.5) is 21.9 Å². The summed E-state index contributed by atoms with van der Waals surface area (Å²) in [6.07, 6.45) is 5.83.